The smallest absolute Gasteiger partial charge is 0.306 e. The van der Waals surface area contributed by atoms with Crippen LogP contribution < -0.4 is 4.74 Å². The fourth-order valence-corrected chi connectivity index (χ4v) is 5.19. The van der Waals surface area contributed by atoms with Crippen molar-refractivity contribution in [3.63, 3.8) is 0 Å². The van der Waals surface area contributed by atoms with Crippen LogP contribution in [0.3, 0.4) is 0 Å². The van der Waals surface area contributed by atoms with Crippen LogP contribution in [0.25, 0.3) is 0 Å². The van der Waals surface area contributed by atoms with Gasteiger partial charge in [0.1, 0.15) is 18.5 Å². The van der Waals surface area contributed by atoms with Gasteiger partial charge in [-0.3, -0.25) is 4.79 Å². The Morgan fingerprint density at radius 2 is 2.09 bits per heavy atom. The number of carboxylic acid groups (broad SMARTS) is 1. The average molecular weight is 483 g/mol. The summed E-state index contributed by atoms with van der Waals surface area (Å²) in [5.74, 6) is -2.42. The molecule has 8 heteroatoms. The summed E-state index contributed by atoms with van der Waals surface area (Å²) in [6.45, 7) is 2.32. The normalized spacial score (nSPS) is 28.9. The van der Waals surface area contributed by atoms with Crippen molar-refractivity contribution in [2.45, 2.75) is 70.2 Å². The van der Waals surface area contributed by atoms with E-state index in [0.29, 0.717) is 31.8 Å². The van der Waals surface area contributed by atoms with Crippen LogP contribution in [0.4, 0.5) is 8.78 Å². The van der Waals surface area contributed by atoms with Gasteiger partial charge in [0.2, 0.25) is 0 Å². The predicted octanol–water partition coefficient (Wildman–Crippen LogP) is 4.33. The Hall–Kier alpha value is -2.03. The summed E-state index contributed by atoms with van der Waals surface area (Å²) < 4.78 is 38.2. The molecule has 34 heavy (non-hydrogen) atoms. The lowest BCUT2D eigenvalue weighted by Gasteiger charge is -2.21. The SMILES string of the molecule is CCCC(CC[C@@H]1CC[C@@H]2[C@@H](C=C[C@@H](O)COc3cc(F)ccc3F)[C@H](O)C[C@@H]2OC1)C(=O)O. The van der Waals surface area contributed by atoms with Gasteiger partial charge in [-0.1, -0.05) is 25.5 Å². The highest BCUT2D eigenvalue weighted by atomic mass is 19.1. The maximum absolute atomic E-state index is 13.7. The molecule has 2 aliphatic rings. The molecule has 1 aromatic carbocycles. The summed E-state index contributed by atoms with van der Waals surface area (Å²) in [6.07, 6.45) is 6.87. The molecule has 1 saturated heterocycles. The third-order valence-corrected chi connectivity index (χ3v) is 7.11. The minimum atomic E-state index is -1.04. The van der Waals surface area contributed by atoms with Gasteiger partial charge in [0, 0.05) is 25.0 Å². The molecule has 0 aromatic heterocycles. The molecule has 3 rings (SSSR count). The number of carboxylic acids is 1. The van der Waals surface area contributed by atoms with Crippen molar-refractivity contribution in [2.75, 3.05) is 13.2 Å². The van der Waals surface area contributed by atoms with E-state index in [4.69, 9.17) is 9.47 Å². The molecule has 0 bridgehead atoms. The van der Waals surface area contributed by atoms with Gasteiger partial charge < -0.3 is 24.8 Å². The Kier molecular flexibility index (Phi) is 9.85. The summed E-state index contributed by atoms with van der Waals surface area (Å²) in [4.78, 5) is 11.4. The van der Waals surface area contributed by atoms with Gasteiger partial charge in [-0.05, 0) is 56.1 Å². The highest BCUT2D eigenvalue weighted by Crippen LogP contribution is 2.42. The molecule has 0 spiro atoms. The topological polar surface area (TPSA) is 96.2 Å². The van der Waals surface area contributed by atoms with Crippen LogP contribution in [-0.2, 0) is 9.53 Å². The van der Waals surface area contributed by atoms with Crippen molar-refractivity contribution in [1.82, 2.24) is 0 Å². The molecule has 6 nitrogen and oxygen atoms in total. The summed E-state index contributed by atoms with van der Waals surface area (Å²) >= 11 is 0. The van der Waals surface area contributed by atoms with Gasteiger partial charge in [-0.25, -0.2) is 8.78 Å². The molecule has 1 aliphatic heterocycles. The van der Waals surface area contributed by atoms with Crippen molar-refractivity contribution in [1.29, 1.82) is 0 Å². The number of hydrogen-bond donors (Lipinski definition) is 3. The van der Waals surface area contributed by atoms with Crippen LogP contribution in [0.5, 0.6) is 5.75 Å². The molecular weight excluding hydrogens is 446 g/mol. The van der Waals surface area contributed by atoms with Crippen LogP contribution in [0.2, 0.25) is 0 Å². The van der Waals surface area contributed by atoms with E-state index >= 15 is 0 Å². The molecule has 1 heterocycles. The van der Waals surface area contributed by atoms with E-state index in [1.54, 1.807) is 6.08 Å². The first-order valence-electron chi connectivity index (χ1n) is 12.2. The minimum absolute atomic E-state index is 0.0738. The van der Waals surface area contributed by atoms with Gasteiger partial charge in [0.05, 0.1) is 18.1 Å². The largest absolute Gasteiger partial charge is 0.487 e. The van der Waals surface area contributed by atoms with Crippen molar-refractivity contribution >= 4 is 5.97 Å². The van der Waals surface area contributed by atoms with Crippen molar-refractivity contribution < 1.29 is 38.4 Å². The lowest BCUT2D eigenvalue weighted by atomic mass is 9.85. The molecule has 1 saturated carbocycles. The predicted molar refractivity (Wildman–Crippen MR) is 122 cm³/mol. The van der Waals surface area contributed by atoms with E-state index in [0.717, 1.165) is 43.9 Å². The van der Waals surface area contributed by atoms with Gasteiger partial charge >= 0.3 is 5.97 Å². The Morgan fingerprint density at radius 3 is 2.82 bits per heavy atom. The van der Waals surface area contributed by atoms with Gasteiger partial charge in [0.15, 0.2) is 11.6 Å². The van der Waals surface area contributed by atoms with Gasteiger partial charge in [-0.15, -0.1) is 0 Å². The number of hydrogen-bond acceptors (Lipinski definition) is 5. The van der Waals surface area contributed by atoms with Crippen LogP contribution >= 0.6 is 0 Å². The van der Waals surface area contributed by atoms with Crippen LogP contribution in [0.15, 0.2) is 30.4 Å². The lowest BCUT2D eigenvalue weighted by Crippen LogP contribution is -2.22. The Labute approximate surface area is 199 Å². The fourth-order valence-electron chi connectivity index (χ4n) is 5.19. The molecule has 7 atom stereocenters. The van der Waals surface area contributed by atoms with Gasteiger partial charge in [0.25, 0.3) is 0 Å². The highest BCUT2D eigenvalue weighted by Gasteiger charge is 2.43. The molecule has 0 radical (unpaired) electrons. The standard InChI is InChI=1S/C26H36F2O6/c1-2-3-17(26(31)32)6-4-16-5-9-21-20(23(30)13-24(21)33-14-16)10-8-19(29)15-34-25-12-18(27)7-11-22(25)28/h7-8,10-12,16-17,19-21,23-24,29-30H,2-6,9,13-15H2,1H3,(H,31,32)/t16-,17?,19-,20-,21-,23-,24+/m1/s1. The molecule has 3 N–H and O–H groups in total. The average Bonchev–Trinajstić information content (AvgIpc) is 2.96. The molecule has 190 valence electrons. The third-order valence-electron chi connectivity index (χ3n) is 7.11. The van der Waals surface area contributed by atoms with Crippen LogP contribution in [0, 0.1) is 35.3 Å². The number of carbonyl (C=O) groups is 1. The Bertz CT molecular complexity index is 832. The van der Waals surface area contributed by atoms with E-state index < -0.39 is 29.8 Å². The maximum Gasteiger partial charge on any atom is 0.306 e. The van der Waals surface area contributed by atoms with E-state index in [2.05, 4.69) is 0 Å². The monoisotopic (exact) mass is 482 g/mol. The first kappa shape index (κ1) is 26.6. The number of rotatable bonds is 11. The summed E-state index contributed by atoms with van der Waals surface area (Å²) in [5, 5.41) is 30.2. The van der Waals surface area contributed by atoms with E-state index in [1.165, 1.54) is 6.08 Å². The summed E-state index contributed by atoms with van der Waals surface area (Å²) in [7, 11) is 0. The Balaban J connectivity index is 1.51. The number of halogens is 2. The molecule has 1 unspecified atom stereocenters. The highest BCUT2D eigenvalue weighted by molar-refractivity contribution is 5.69. The third kappa shape index (κ3) is 7.23. The molecule has 1 aliphatic carbocycles. The van der Waals surface area contributed by atoms with Crippen molar-refractivity contribution in [3.05, 3.63) is 42.0 Å². The second-order valence-corrected chi connectivity index (χ2v) is 9.60. The van der Waals surface area contributed by atoms with Crippen molar-refractivity contribution in [2.24, 2.45) is 23.7 Å². The van der Waals surface area contributed by atoms with E-state index in [1.807, 2.05) is 6.92 Å². The molecule has 2 fully saturated rings. The number of aliphatic carboxylic acids is 1. The molecular formula is C26H36F2O6. The zero-order valence-corrected chi connectivity index (χ0v) is 19.6. The molecule has 0 amide bonds. The second kappa shape index (κ2) is 12.6. The molecule has 1 aromatic rings. The van der Waals surface area contributed by atoms with E-state index in [-0.39, 0.29) is 36.2 Å². The number of aliphatic hydroxyl groups is 2. The number of fused-ring (bicyclic) bond motifs is 1. The zero-order valence-electron chi connectivity index (χ0n) is 19.6. The van der Waals surface area contributed by atoms with Crippen LogP contribution in [0.1, 0.15) is 51.9 Å². The van der Waals surface area contributed by atoms with E-state index in [9.17, 15) is 28.9 Å². The van der Waals surface area contributed by atoms with Crippen LogP contribution in [-0.4, -0.2) is 52.8 Å². The Morgan fingerprint density at radius 1 is 1.29 bits per heavy atom. The summed E-state index contributed by atoms with van der Waals surface area (Å²) in [5.41, 5.74) is 0. The minimum Gasteiger partial charge on any atom is -0.487 e. The van der Waals surface area contributed by atoms with Gasteiger partial charge in [-0.2, -0.15) is 0 Å². The maximum atomic E-state index is 13.7. The summed E-state index contributed by atoms with van der Waals surface area (Å²) in [6, 6.07) is 2.88. The fraction of sp³-hybridized carbons (Fsp3) is 0.654. The zero-order chi connectivity index (χ0) is 24.7. The van der Waals surface area contributed by atoms with Crippen molar-refractivity contribution in [3.8, 4) is 5.75 Å². The first-order valence-corrected chi connectivity index (χ1v) is 12.2. The second-order valence-electron chi connectivity index (χ2n) is 9.60. The lowest BCUT2D eigenvalue weighted by molar-refractivity contribution is -0.142. The number of ether oxygens (including phenoxy) is 2. The first-order chi connectivity index (χ1) is 16.3. The quantitative estimate of drug-likeness (QED) is 0.406. The number of aliphatic hydroxyl groups excluding tert-OH is 2. The number of benzene rings is 1.